The molecule has 0 radical (unpaired) electrons. The van der Waals surface area contributed by atoms with E-state index in [1.807, 2.05) is 48.9 Å². The van der Waals surface area contributed by atoms with E-state index in [9.17, 15) is 0 Å². The monoisotopic (exact) mass is 352 g/mol. The fourth-order valence-corrected chi connectivity index (χ4v) is 2.69. The predicted octanol–water partition coefficient (Wildman–Crippen LogP) is 3.55. The van der Waals surface area contributed by atoms with E-state index in [4.69, 9.17) is 5.26 Å². The highest BCUT2D eigenvalue weighted by atomic mass is 79.9. The van der Waals surface area contributed by atoms with E-state index in [-0.39, 0.29) is 0 Å². The van der Waals surface area contributed by atoms with Gasteiger partial charge in [-0.2, -0.15) is 5.26 Å². The lowest BCUT2D eigenvalue weighted by Gasteiger charge is -2.09. The number of benzene rings is 1. The Morgan fingerprint density at radius 1 is 1.14 bits per heavy atom. The molecule has 0 amide bonds. The van der Waals surface area contributed by atoms with Crippen LogP contribution in [0.2, 0.25) is 0 Å². The van der Waals surface area contributed by atoms with E-state index < -0.39 is 0 Å². The number of nitriles is 1. The standard InChI is InChI=1S/C17H13BrN4/c18-17-8-15(5-6-21-17)11-22-12-20-10-16(22)7-13-1-3-14(9-19)4-2-13/h1-6,8,10,12H,7,11H2. The molecule has 2 aromatic heterocycles. The maximum Gasteiger partial charge on any atom is 0.106 e. The minimum Gasteiger partial charge on any atom is -0.330 e. The van der Waals surface area contributed by atoms with Crippen LogP contribution >= 0.6 is 15.9 Å². The molecule has 0 N–H and O–H groups in total. The van der Waals surface area contributed by atoms with E-state index >= 15 is 0 Å². The maximum atomic E-state index is 8.84. The maximum absolute atomic E-state index is 8.84. The van der Waals surface area contributed by atoms with Gasteiger partial charge in [-0.3, -0.25) is 0 Å². The van der Waals surface area contributed by atoms with Gasteiger partial charge in [0, 0.05) is 31.1 Å². The van der Waals surface area contributed by atoms with Crippen LogP contribution in [0, 0.1) is 11.3 Å². The van der Waals surface area contributed by atoms with Gasteiger partial charge in [-0.25, -0.2) is 9.97 Å². The second-order valence-electron chi connectivity index (χ2n) is 4.99. The second kappa shape index (κ2) is 6.54. The highest BCUT2D eigenvalue weighted by Gasteiger charge is 2.05. The average molecular weight is 353 g/mol. The highest BCUT2D eigenvalue weighted by Crippen LogP contribution is 2.14. The Morgan fingerprint density at radius 3 is 2.68 bits per heavy atom. The van der Waals surface area contributed by atoms with Gasteiger partial charge in [0.25, 0.3) is 0 Å². The molecule has 0 bridgehead atoms. The normalized spacial score (nSPS) is 10.4. The Kier molecular flexibility index (Phi) is 4.31. The predicted molar refractivity (Wildman–Crippen MR) is 87.2 cm³/mol. The Bertz CT molecular complexity index is 815. The van der Waals surface area contributed by atoms with Gasteiger partial charge in [-0.05, 0) is 51.3 Å². The van der Waals surface area contributed by atoms with Gasteiger partial charge in [0.15, 0.2) is 0 Å². The Hall–Kier alpha value is -2.45. The minimum atomic E-state index is 0.680. The van der Waals surface area contributed by atoms with Gasteiger partial charge in [0.05, 0.1) is 18.0 Å². The van der Waals surface area contributed by atoms with Gasteiger partial charge in [-0.15, -0.1) is 0 Å². The van der Waals surface area contributed by atoms with Gasteiger partial charge < -0.3 is 4.57 Å². The Morgan fingerprint density at radius 2 is 1.95 bits per heavy atom. The van der Waals surface area contributed by atoms with Crippen molar-refractivity contribution in [1.82, 2.24) is 14.5 Å². The summed E-state index contributed by atoms with van der Waals surface area (Å²) < 4.78 is 2.96. The molecule has 1 aromatic carbocycles. The molecule has 22 heavy (non-hydrogen) atoms. The first kappa shape index (κ1) is 14.5. The number of rotatable bonds is 4. The summed E-state index contributed by atoms with van der Waals surface area (Å²) in [7, 11) is 0. The first-order chi connectivity index (χ1) is 10.7. The summed E-state index contributed by atoms with van der Waals surface area (Å²) in [5.74, 6) is 0. The number of aromatic nitrogens is 3. The largest absolute Gasteiger partial charge is 0.330 e. The van der Waals surface area contributed by atoms with E-state index in [1.165, 1.54) is 5.56 Å². The highest BCUT2D eigenvalue weighted by molar-refractivity contribution is 9.10. The zero-order chi connectivity index (χ0) is 15.4. The molecule has 3 aromatic rings. The Balaban J connectivity index is 1.78. The molecular formula is C17H13BrN4. The van der Waals surface area contributed by atoms with Crippen LogP contribution in [0.5, 0.6) is 0 Å². The van der Waals surface area contributed by atoms with Crippen molar-refractivity contribution < 1.29 is 0 Å². The summed E-state index contributed by atoms with van der Waals surface area (Å²) in [5, 5.41) is 8.84. The molecule has 4 nitrogen and oxygen atoms in total. The quantitative estimate of drug-likeness (QED) is 0.674. The smallest absolute Gasteiger partial charge is 0.106 e. The molecule has 3 rings (SSSR count). The van der Waals surface area contributed by atoms with E-state index in [1.54, 1.807) is 6.20 Å². The number of hydrogen-bond donors (Lipinski definition) is 0. The van der Waals surface area contributed by atoms with Crippen LogP contribution in [0.3, 0.4) is 0 Å². The molecule has 0 aliphatic rings. The van der Waals surface area contributed by atoms with Crippen molar-refractivity contribution in [2.75, 3.05) is 0 Å². The number of hydrogen-bond acceptors (Lipinski definition) is 3. The summed E-state index contributed by atoms with van der Waals surface area (Å²) in [6.07, 6.45) is 6.30. The van der Waals surface area contributed by atoms with Crippen molar-refractivity contribution in [2.24, 2.45) is 0 Å². The zero-order valence-electron chi connectivity index (χ0n) is 11.8. The van der Waals surface area contributed by atoms with Gasteiger partial charge in [-0.1, -0.05) is 12.1 Å². The molecule has 0 fully saturated rings. The van der Waals surface area contributed by atoms with E-state index in [2.05, 4.69) is 36.5 Å². The molecule has 0 saturated carbocycles. The van der Waals surface area contributed by atoms with Crippen LogP contribution in [-0.4, -0.2) is 14.5 Å². The first-order valence-corrected chi connectivity index (χ1v) is 7.62. The lowest BCUT2D eigenvalue weighted by Crippen LogP contribution is -2.04. The van der Waals surface area contributed by atoms with Crippen LogP contribution in [-0.2, 0) is 13.0 Å². The second-order valence-corrected chi connectivity index (χ2v) is 5.80. The summed E-state index contributed by atoms with van der Waals surface area (Å²) >= 11 is 3.39. The number of halogens is 1. The van der Waals surface area contributed by atoms with Crippen molar-refractivity contribution >= 4 is 15.9 Å². The van der Waals surface area contributed by atoms with Gasteiger partial charge in [0.1, 0.15) is 4.60 Å². The summed E-state index contributed by atoms with van der Waals surface area (Å²) in [6, 6.07) is 13.8. The third kappa shape index (κ3) is 3.41. The van der Waals surface area contributed by atoms with Crippen molar-refractivity contribution in [3.63, 3.8) is 0 Å². The summed E-state index contributed by atoms with van der Waals surface area (Å²) in [4.78, 5) is 8.39. The topological polar surface area (TPSA) is 54.5 Å². The van der Waals surface area contributed by atoms with E-state index in [0.717, 1.165) is 28.8 Å². The number of imidazole rings is 1. The summed E-state index contributed by atoms with van der Waals surface area (Å²) in [6.45, 7) is 0.757. The molecule has 5 heteroatoms. The molecule has 0 atom stereocenters. The fraction of sp³-hybridized carbons (Fsp3) is 0.118. The molecule has 2 heterocycles. The molecule has 108 valence electrons. The molecule has 0 aliphatic carbocycles. The van der Waals surface area contributed by atoms with Crippen LogP contribution in [0.15, 0.2) is 59.7 Å². The lowest BCUT2D eigenvalue weighted by atomic mass is 10.1. The fourth-order valence-electron chi connectivity index (χ4n) is 2.28. The average Bonchev–Trinajstić information content (AvgIpc) is 2.95. The number of nitrogens with zero attached hydrogens (tertiary/aromatic N) is 4. The molecular weight excluding hydrogens is 340 g/mol. The van der Waals surface area contributed by atoms with Crippen LogP contribution in [0.1, 0.15) is 22.4 Å². The van der Waals surface area contributed by atoms with Crippen molar-refractivity contribution in [3.05, 3.63) is 82.1 Å². The van der Waals surface area contributed by atoms with Crippen LogP contribution < -0.4 is 0 Å². The Labute approximate surface area is 137 Å². The van der Waals surface area contributed by atoms with E-state index in [0.29, 0.717) is 5.56 Å². The third-order valence-electron chi connectivity index (χ3n) is 3.41. The van der Waals surface area contributed by atoms with Crippen molar-refractivity contribution in [2.45, 2.75) is 13.0 Å². The van der Waals surface area contributed by atoms with Gasteiger partial charge in [0.2, 0.25) is 0 Å². The van der Waals surface area contributed by atoms with Crippen molar-refractivity contribution in [1.29, 1.82) is 5.26 Å². The molecule has 0 saturated heterocycles. The molecule has 0 unspecified atom stereocenters. The van der Waals surface area contributed by atoms with Crippen LogP contribution in [0.25, 0.3) is 0 Å². The lowest BCUT2D eigenvalue weighted by molar-refractivity contribution is 0.752. The van der Waals surface area contributed by atoms with Gasteiger partial charge >= 0.3 is 0 Å². The molecule has 0 aliphatic heterocycles. The SMILES string of the molecule is N#Cc1ccc(Cc2cncn2Cc2ccnc(Br)c2)cc1. The van der Waals surface area contributed by atoms with Crippen molar-refractivity contribution in [3.8, 4) is 6.07 Å². The zero-order valence-corrected chi connectivity index (χ0v) is 13.4. The van der Waals surface area contributed by atoms with Crippen LogP contribution in [0.4, 0.5) is 0 Å². The minimum absolute atomic E-state index is 0.680. The summed E-state index contributed by atoms with van der Waals surface area (Å²) in [5.41, 5.74) is 4.15. The first-order valence-electron chi connectivity index (χ1n) is 6.83. The third-order valence-corrected chi connectivity index (χ3v) is 3.84. The number of pyridine rings is 1. The molecule has 0 spiro atoms.